The van der Waals surface area contributed by atoms with Crippen molar-refractivity contribution in [1.82, 2.24) is 10.2 Å². The highest BCUT2D eigenvalue weighted by atomic mass is 15.1. The van der Waals surface area contributed by atoms with Crippen molar-refractivity contribution in [2.75, 3.05) is 20.1 Å². The van der Waals surface area contributed by atoms with Crippen molar-refractivity contribution in [3.05, 3.63) is 11.9 Å². The molecule has 0 radical (unpaired) electrons. The van der Waals surface area contributed by atoms with Gasteiger partial charge in [-0.1, -0.05) is 0 Å². The van der Waals surface area contributed by atoms with Crippen LogP contribution in [-0.2, 0) is 0 Å². The topological polar surface area (TPSA) is 53.6 Å². The van der Waals surface area contributed by atoms with Gasteiger partial charge in [0.25, 0.3) is 0 Å². The molecule has 90 valence electrons. The van der Waals surface area contributed by atoms with Crippen molar-refractivity contribution in [2.24, 2.45) is 10.7 Å². The minimum Gasteiger partial charge on any atom is -0.384 e. The molecule has 1 unspecified atom stereocenters. The number of aliphatic imine (C=N–C) groups is 1. The average Bonchev–Trinajstić information content (AvgIpc) is 2.27. The third kappa shape index (κ3) is 2.83. The van der Waals surface area contributed by atoms with E-state index in [0.717, 1.165) is 6.42 Å². The van der Waals surface area contributed by atoms with Crippen LogP contribution in [-0.4, -0.2) is 42.8 Å². The maximum absolute atomic E-state index is 5.64. The van der Waals surface area contributed by atoms with Gasteiger partial charge in [-0.2, -0.15) is 0 Å². The minimum absolute atomic E-state index is 0.0105. The van der Waals surface area contributed by atoms with E-state index in [4.69, 9.17) is 5.73 Å². The van der Waals surface area contributed by atoms with Gasteiger partial charge in [0.05, 0.1) is 5.54 Å². The summed E-state index contributed by atoms with van der Waals surface area (Å²) in [6.45, 7) is 4.56. The van der Waals surface area contributed by atoms with Gasteiger partial charge >= 0.3 is 0 Å². The molecule has 0 bridgehead atoms. The molecule has 16 heavy (non-hydrogen) atoms. The van der Waals surface area contributed by atoms with Gasteiger partial charge in [-0.3, -0.25) is 0 Å². The molecule has 0 amide bonds. The molecular formula is C12H22N4. The van der Waals surface area contributed by atoms with Crippen molar-refractivity contribution in [3.8, 4) is 0 Å². The second kappa shape index (κ2) is 4.55. The van der Waals surface area contributed by atoms with Crippen LogP contribution in [0.3, 0.4) is 0 Å². The fourth-order valence-corrected chi connectivity index (χ4v) is 2.35. The van der Waals surface area contributed by atoms with Crippen LogP contribution in [0.4, 0.5) is 0 Å². The Labute approximate surface area is 97.6 Å². The number of rotatable bonds is 2. The first-order chi connectivity index (χ1) is 7.57. The lowest BCUT2D eigenvalue weighted by atomic mass is 9.93. The third-order valence-electron chi connectivity index (χ3n) is 3.49. The molecule has 4 heteroatoms. The smallest absolute Gasteiger partial charge is 0.118 e. The predicted molar refractivity (Wildman–Crippen MR) is 67.4 cm³/mol. The monoisotopic (exact) mass is 222 g/mol. The van der Waals surface area contributed by atoms with E-state index < -0.39 is 0 Å². The summed E-state index contributed by atoms with van der Waals surface area (Å²) in [6, 6.07) is 0.611. The van der Waals surface area contributed by atoms with Crippen molar-refractivity contribution in [2.45, 2.75) is 37.8 Å². The fourth-order valence-electron chi connectivity index (χ4n) is 2.35. The highest BCUT2D eigenvalue weighted by molar-refractivity contribution is 5.72. The molecule has 2 rings (SSSR count). The average molecular weight is 222 g/mol. The molecule has 1 fully saturated rings. The molecule has 1 atom stereocenters. The minimum atomic E-state index is -0.0105. The maximum atomic E-state index is 5.64. The Morgan fingerprint density at radius 2 is 2.19 bits per heavy atom. The summed E-state index contributed by atoms with van der Waals surface area (Å²) in [5.41, 5.74) is 5.63. The zero-order valence-corrected chi connectivity index (χ0v) is 10.2. The maximum Gasteiger partial charge on any atom is 0.118 e. The lowest BCUT2D eigenvalue weighted by Gasteiger charge is -2.37. The number of hydrogen-bond donors (Lipinski definition) is 2. The molecule has 4 nitrogen and oxygen atoms in total. The molecule has 0 saturated carbocycles. The van der Waals surface area contributed by atoms with Crippen molar-refractivity contribution in [1.29, 1.82) is 0 Å². The zero-order valence-electron chi connectivity index (χ0n) is 10.2. The summed E-state index contributed by atoms with van der Waals surface area (Å²) in [5.74, 6) is 0.641. The van der Waals surface area contributed by atoms with E-state index in [9.17, 15) is 0 Å². The van der Waals surface area contributed by atoms with Crippen LogP contribution in [0, 0.1) is 0 Å². The Morgan fingerprint density at radius 3 is 2.75 bits per heavy atom. The quantitative estimate of drug-likeness (QED) is 0.723. The van der Waals surface area contributed by atoms with E-state index >= 15 is 0 Å². The van der Waals surface area contributed by atoms with E-state index in [0.29, 0.717) is 11.9 Å². The highest BCUT2D eigenvalue weighted by Crippen LogP contribution is 2.18. The Hall–Kier alpha value is -0.870. The number of piperidine rings is 1. The second-order valence-electron chi connectivity index (χ2n) is 5.23. The van der Waals surface area contributed by atoms with Gasteiger partial charge in [0.1, 0.15) is 5.82 Å². The van der Waals surface area contributed by atoms with Crippen molar-refractivity contribution >= 4 is 6.21 Å². The zero-order chi connectivity index (χ0) is 11.6. The number of nitrogens with one attached hydrogen (secondary N) is 1. The van der Waals surface area contributed by atoms with Crippen LogP contribution in [0.25, 0.3) is 0 Å². The van der Waals surface area contributed by atoms with Gasteiger partial charge in [0.2, 0.25) is 0 Å². The third-order valence-corrected chi connectivity index (χ3v) is 3.49. The first-order valence-corrected chi connectivity index (χ1v) is 6.04. The fraction of sp³-hybridized carbons (Fsp3) is 0.750. The number of hydrogen-bond acceptors (Lipinski definition) is 4. The summed E-state index contributed by atoms with van der Waals surface area (Å²) in [4.78, 5) is 6.59. The summed E-state index contributed by atoms with van der Waals surface area (Å²) < 4.78 is 0. The summed E-state index contributed by atoms with van der Waals surface area (Å²) in [6.07, 6.45) is 7.34. The van der Waals surface area contributed by atoms with E-state index in [1.54, 1.807) is 0 Å². The Morgan fingerprint density at radius 1 is 1.50 bits per heavy atom. The Bertz CT molecular complexity index is 302. The standard InChI is InChI=1S/C12H22N4/c1-12(6-3-11(13)14-9-12)15-10-4-7-16(2)8-5-10/h3,9-10,15H,4-8,13H2,1-2H3. The number of nitrogens with zero attached hydrogens (tertiary/aromatic N) is 2. The van der Waals surface area contributed by atoms with Gasteiger partial charge in [-0.25, -0.2) is 4.99 Å². The van der Waals surface area contributed by atoms with Gasteiger partial charge in [0.15, 0.2) is 0 Å². The van der Waals surface area contributed by atoms with Crippen LogP contribution >= 0.6 is 0 Å². The molecule has 2 heterocycles. The van der Waals surface area contributed by atoms with Gasteiger partial charge in [-0.05, 0) is 52.4 Å². The second-order valence-corrected chi connectivity index (χ2v) is 5.23. The van der Waals surface area contributed by atoms with E-state index in [1.165, 1.54) is 25.9 Å². The summed E-state index contributed by atoms with van der Waals surface area (Å²) in [7, 11) is 2.18. The van der Waals surface area contributed by atoms with Crippen LogP contribution < -0.4 is 11.1 Å². The SMILES string of the molecule is CN1CCC(NC2(C)C=NC(N)=CC2)CC1. The molecule has 2 aliphatic rings. The Balaban J connectivity index is 1.88. The van der Waals surface area contributed by atoms with E-state index in [-0.39, 0.29) is 5.54 Å². The number of likely N-dealkylation sites (tertiary alicyclic amines) is 1. The first-order valence-electron chi connectivity index (χ1n) is 6.04. The lowest BCUT2D eigenvalue weighted by molar-refractivity contribution is 0.218. The molecule has 0 aromatic carbocycles. The molecule has 3 N–H and O–H groups in total. The predicted octanol–water partition coefficient (Wildman–Crippen LogP) is 0.703. The molecule has 1 saturated heterocycles. The molecule has 0 aromatic rings. The molecule has 0 aromatic heterocycles. The first kappa shape index (κ1) is 11.6. The van der Waals surface area contributed by atoms with Crippen LogP contribution in [0.5, 0.6) is 0 Å². The van der Waals surface area contributed by atoms with Crippen molar-refractivity contribution < 1.29 is 0 Å². The highest BCUT2D eigenvalue weighted by Gasteiger charge is 2.28. The van der Waals surface area contributed by atoms with Crippen LogP contribution in [0.2, 0.25) is 0 Å². The molecular weight excluding hydrogens is 200 g/mol. The largest absolute Gasteiger partial charge is 0.384 e. The van der Waals surface area contributed by atoms with E-state index in [1.807, 2.05) is 12.3 Å². The van der Waals surface area contributed by atoms with Crippen LogP contribution in [0.1, 0.15) is 26.2 Å². The molecule has 0 spiro atoms. The van der Waals surface area contributed by atoms with Gasteiger partial charge < -0.3 is 16.0 Å². The normalized spacial score (nSPS) is 32.8. The van der Waals surface area contributed by atoms with Crippen LogP contribution in [0.15, 0.2) is 16.9 Å². The summed E-state index contributed by atoms with van der Waals surface area (Å²) >= 11 is 0. The molecule has 2 aliphatic heterocycles. The van der Waals surface area contributed by atoms with Gasteiger partial charge in [-0.15, -0.1) is 0 Å². The summed E-state index contributed by atoms with van der Waals surface area (Å²) in [5, 5.41) is 3.70. The van der Waals surface area contributed by atoms with Gasteiger partial charge in [0, 0.05) is 12.3 Å². The molecule has 0 aliphatic carbocycles. The van der Waals surface area contributed by atoms with E-state index in [2.05, 4.69) is 29.2 Å². The lowest BCUT2D eigenvalue weighted by Crippen LogP contribution is -2.53. The Kier molecular flexibility index (Phi) is 3.30. The van der Waals surface area contributed by atoms with Crippen molar-refractivity contribution in [3.63, 3.8) is 0 Å². The number of nitrogens with two attached hydrogens (primary N) is 1.